The lowest BCUT2D eigenvalue weighted by Crippen LogP contribution is -2.10. The molecule has 1 N–H and O–H groups in total. The van der Waals surface area contributed by atoms with Crippen LogP contribution in [0.3, 0.4) is 0 Å². The van der Waals surface area contributed by atoms with Gasteiger partial charge in [0.15, 0.2) is 0 Å². The largest absolute Gasteiger partial charge is 0.497 e. The monoisotopic (exact) mass is 275 g/mol. The second kappa shape index (κ2) is 5.36. The van der Waals surface area contributed by atoms with Crippen molar-refractivity contribution >= 4 is 16.9 Å². The number of nitrogens with zero attached hydrogens (tertiary/aromatic N) is 1. The van der Waals surface area contributed by atoms with Crippen molar-refractivity contribution in [2.75, 3.05) is 14.2 Å². The zero-order valence-corrected chi connectivity index (χ0v) is 11.9. The van der Waals surface area contributed by atoms with E-state index in [9.17, 15) is 4.79 Å². The van der Waals surface area contributed by atoms with E-state index in [0.29, 0.717) is 22.7 Å². The predicted octanol–water partition coefficient (Wildman–Crippen LogP) is 2.75. The maximum atomic E-state index is 11.1. The van der Waals surface area contributed by atoms with Crippen LogP contribution >= 0.6 is 0 Å². The van der Waals surface area contributed by atoms with E-state index < -0.39 is 11.9 Å². The van der Waals surface area contributed by atoms with Gasteiger partial charge in [-0.3, -0.25) is 4.79 Å². The molecule has 0 saturated carbocycles. The van der Waals surface area contributed by atoms with E-state index in [2.05, 4.69) is 4.98 Å². The van der Waals surface area contributed by atoms with Gasteiger partial charge in [-0.05, 0) is 31.5 Å². The smallest absolute Gasteiger partial charge is 0.312 e. The highest BCUT2D eigenvalue weighted by Crippen LogP contribution is 2.33. The lowest BCUT2D eigenvalue weighted by molar-refractivity contribution is -0.138. The molecule has 0 radical (unpaired) electrons. The second-order valence-corrected chi connectivity index (χ2v) is 4.65. The van der Waals surface area contributed by atoms with Gasteiger partial charge in [0.25, 0.3) is 0 Å². The van der Waals surface area contributed by atoms with Gasteiger partial charge in [0.05, 0.1) is 25.8 Å². The number of carbonyl (C=O) groups is 1. The molecule has 2 aromatic rings. The summed E-state index contributed by atoms with van der Waals surface area (Å²) < 4.78 is 10.6. The van der Waals surface area contributed by atoms with Gasteiger partial charge in [-0.1, -0.05) is 0 Å². The minimum Gasteiger partial charge on any atom is -0.497 e. The van der Waals surface area contributed by atoms with Crippen LogP contribution in [0.5, 0.6) is 11.5 Å². The number of fused-ring (bicyclic) bond motifs is 1. The van der Waals surface area contributed by atoms with Crippen molar-refractivity contribution in [3.8, 4) is 11.5 Å². The molecule has 106 valence electrons. The predicted molar refractivity (Wildman–Crippen MR) is 75.6 cm³/mol. The molecule has 0 fully saturated rings. The van der Waals surface area contributed by atoms with Crippen LogP contribution in [0, 0.1) is 6.92 Å². The topological polar surface area (TPSA) is 68.7 Å². The molecule has 1 aromatic heterocycles. The van der Waals surface area contributed by atoms with Gasteiger partial charge in [-0.2, -0.15) is 0 Å². The van der Waals surface area contributed by atoms with Crippen molar-refractivity contribution in [3.63, 3.8) is 0 Å². The zero-order chi connectivity index (χ0) is 14.9. The molecule has 1 aromatic carbocycles. The van der Waals surface area contributed by atoms with Crippen molar-refractivity contribution in [2.24, 2.45) is 0 Å². The van der Waals surface area contributed by atoms with Gasteiger partial charge in [-0.25, -0.2) is 4.98 Å². The second-order valence-electron chi connectivity index (χ2n) is 4.65. The van der Waals surface area contributed by atoms with E-state index >= 15 is 0 Å². The van der Waals surface area contributed by atoms with E-state index in [0.717, 1.165) is 10.9 Å². The Balaban J connectivity index is 2.73. The summed E-state index contributed by atoms with van der Waals surface area (Å²) in [7, 11) is 3.14. The molecule has 0 amide bonds. The first kappa shape index (κ1) is 14.1. The van der Waals surface area contributed by atoms with Gasteiger partial charge in [0.1, 0.15) is 17.0 Å². The van der Waals surface area contributed by atoms with Crippen molar-refractivity contribution < 1.29 is 19.4 Å². The van der Waals surface area contributed by atoms with Crippen LogP contribution < -0.4 is 9.47 Å². The minimum absolute atomic E-state index is 0.519. The molecule has 0 bridgehead atoms. The first-order chi connectivity index (χ1) is 9.47. The molecule has 0 aliphatic heterocycles. The normalized spacial score (nSPS) is 12.2. The highest BCUT2D eigenvalue weighted by atomic mass is 16.5. The van der Waals surface area contributed by atoms with Crippen LogP contribution in [-0.2, 0) is 4.79 Å². The fraction of sp³-hybridized carbons (Fsp3) is 0.333. The number of aryl methyl sites for hydroxylation is 1. The third-order valence-electron chi connectivity index (χ3n) is 3.35. The van der Waals surface area contributed by atoms with Gasteiger partial charge in [0.2, 0.25) is 0 Å². The van der Waals surface area contributed by atoms with Crippen LogP contribution in [-0.4, -0.2) is 30.3 Å². The zero-order valence-electron chi connectivity index (χ0n) is 11.9. The SMILES string of the molecule is COc1cc(OC)c2nc(C(C)C(=O)O)cc(C)c2c1. The van der Waals surface area contributed by atoms with Crippen molar-refractivity contribution in [2.45, 2.75) is 19.8 Å². The Bertz CT molecular complexity index is 666. The number of hydrogen-bond acceptors (Lipinski definition) is 4. The number of carboxylic acid groups (broad SMARTS) is 1. The van der Waals surface area contributed by atoms with Crippen molar-refractivity contribution in [1.29, 1.82) is 0 Å². The lowest BCUT2D eigenvalue weighted by Gasteiger charge is -2.13. The standard InChI is InChI=1S/C15H17NO4/c1-8-5-12(9(2)15(17)18)16-14-11(8)6-10(19-3)7-13(14)20-4/h5-7,9H,1-4H3,(H,17,18). The first-order valence-corrected chi connectivity index (χ1v) is 6.24. The van der Waals surface area contributed by atoms with Crippen molar-refractivity contribution in [1.82, 2.24) is 4.98 Å². The molecule has 0 aliphatic carbocycles. The highest BCUT2D eigenvalue weighted by Gasteiger charge is 2.18. The maximum absolute atomic E-state index is 11.1. The molecular formula is C15H17NO4. The quantitative estimate of drug-likeness (QED) is 0.929. The maximum Gasteiger partial charge on any atom is 0.312 e. The number of rotatable bonds is 4. The Hall–Kier alpha value is -2.30. The molecule has 1 unspecified atom stereocenters. The number of hydrogen-bond donors (Lipinski definition) is 1. The molecule has 1 heterocycles. The summed E-state index contributed by atoms with van der Waals surface area (Å²) in [6.45, 7) is 3.53. The number of methoxy groups -OCH3 is 2. The van der Waals surface area contributed by atoms with E-state index in [1.165, 1.54) is 0 Å². The number of aliphatic carboxylic acids is 1. The third-order valence-corrected chi connectivity index (χ3v) is 3.35. The summed E-state index contributed by atoms with van der Waals surface area (Å²) in [6.07, 6.45) is 0. The molecule has 2 rings (SSSR count). The molecule has 5 nitrogen and oxygen atoms in total. The van der Waals surface area contributed by atoms with Gasteiger partial charge >= 0.3 is 5.97 Å². The van der Waals surface area contributed by atoms with Crippen molar-refractivity contribution in [3.05, 3.63) is 29.5 Å². The number of aromatic nitrogens is 1. The van der Waals surface area contributed by atoms with Crippen LogP contribution in [0.2, 0.25) is 0 Å². The molecule has 1 atom stereocenters. The molecule has 0 aliphatic rings. The number of carboxylic acids is 1. The third kappa shape index (κ3) is 2.39. The van der Waals surface area contributed by atoms with Crippen LogP contribution in [0.4, 0.5) is 0 Å². The summed E-state index contributed by atoms with van der Waals surface area (Å²) in [6, 6.07) is 5.40. The van der Waals surface area contributed by atoms with Crippen LogP contribution in [0.1, 0.15) is 24.1 Å². The van der Waals surface area contributed by atoms with Gasteiger partial charge in [0, 0.05) is 11.5 Å². The van der Waals surface area contributed by atoms with Gasteiger partial charge in [-0.15, -0.1) is 0 Å². The average molecular weight is 275 g/mol. The molecule has 0 spiro atoms. The fourth-order valence-electron chi connectivity index (χ4n) is 2.08. The average Bonchev–Trinajstić information content (AvgIpc) is 2.45. The van der Waals surface area contributed by atoms with Crippen LogP contribution in [0.25, 0.3) is 10.9 Å². The Kier molecular flexibility index (Phi) is 3.79. The summed E-state index contributed by atoms with van der Waals surface area (Å²) in [4.78, 5) is 15.6. The van der Waals surface area contributed by atoms with E-state index in [4.69, 9.17) is 14.6 Å². The highest BCUT2D eigenvalue weighted by molar-refractivity contribution is 5.89. The summed E-state index contributed by atoms with van der Waals surface area (Å²) in [5.74, 6) is -0.311. The first-order valence-electron chi connectivity index (χ1n) is 6.24. The fourth-order valence-corrected chi connectivity index (χ4v) is 2.08. The number of ether oxygens (including phenoxy) is 2. The van der Waals surface area contributed by atoms with E-state index in [-0.39, 0.29) is 0 Å². The summed E-state index contributed by atoms with van der Waals surface area (Å²) in [5, 5.41) is 10.0. The van der Waals surface area contributed by atoms with Gasteiger partial charge < -0.3 is 14.6 Å². The van der Waals surface area contributed by atoms with E-state index in [1.54, 1.807) is 33.3 Å². The van der Waals surface area contributed by atoms with Crippen LogP contribution in [0.15, 0.2) is 18.2 Å². The molecule has 0 saturated heterocycles. The Morgan fingerprint density at radius 2 is 1.95 bits per heavy atom. The number of benzene rings is 1. The lowest BCUT2D eigenvalue weighted by atomic mass is 10.0. The Labute approximate surface area is 117 Å². The Morgan fingerprint density at radius 1 is 1.25 bits per heavy atom. The molecular weight excluding hydrogens is 258 g/mol. The number of pyridine rings is 1. The minimum atomic E-state index is -0.899. The Morgan fingerprint density at radius 3 is 2.50 bits per heavy atom. The van der Waals surface area contributed by atoms with E-state index in [1.807, 2.05) is 13.0 Å². The molecule has 5 heteroatoms. The summed E-state index contributed by atoms with van der Waals surface area (Å²) in [5.41, 5.74) is 2.11. The molecule has 20 heavy (non-hydrogen) atoms. The summed E-state index contributed by atoms with van der Waals surface area (Å²) >= 11 is 0.